The molecule has 0 radical (unpaired) electrons. The number of halogens is 1. The zero-order chi connectivity index (χ0) is 16.0. The lowest BCUT2D eigenvalue weighted by Gasteiger charge is -2.22. The van der Waals surface area contributed by atoms with E-state index in [1.807, 2.05) is 38.1 Å². The number of hydrogen-bond donors (Lipinski definition) is 3. The van der Waals surface area contributed by atoms with Crippen molar-refractivity contribution >= 4 is 27.9 Å². The van der Waals surface area contributed by atoms with E-state index < -0.39 is 18.0 Å². The Balaban J connectivity index is 2.63. The van der Waals surface area contributed by atoms with Gasteiger partial charge in [0.1, 0.15) is 6.04 Å². The van der Waals surface area contributed by atoms with Crippen molar-refractivity contribution in [2.24, 2.45) is 5.92 Å². The minimum Gasteiger partial charge on any atom is -0.480 e. The maximum atomic E-state index is 11.9. The predicted molar refractivity (Wildman–Crippen MR) is 85.1 cm³/mol. The summed E-state index contributed by atoms with van der Waals surface area (Å²) in [7, 11) is 0. The number of hydrogen-bond acceptors (Lipinski definition) is 2. The third-order valence-corrected chi connectivity index (χ3v) is 4.01. The number of nitrogens with one attached hydrogen (secondary N) is 2. The van der Waals surface area contributed by atoms with Crippen LogP contribution in [-0.2, 0) is 4.79 Å². The molecule has 0 heterocycles. The minimum absolute atomic E-state index is 0.128. The molecule has 0 spiro atoms. The fourth-order valence-electron chi connectivity index (χ4n) is 1.90. The molecule has 0 aromatic heterocycles. The van der Waals surface area contributed by atoms with Crippen LogP contribution < -0.4 is 10.6 Å². The minimum atomic E-state index is -1.02. The Hall–Kier alpha value is -1.56. The van der Waals surface area contributed by atoms with Gasteiger partial charge in [0.2, 0.25) is 0 Å². The molecule has 1 aromatic carbocycles. The molecule has 0 aliphatic carbocycles. The van der Waals surface area contributed by atoms with Crippen molar-refractivity contribution in [3.63, 3.8) is 0 Å². The number of amides is 2. The van der Waals surface area contributed by atoms with Gasteiger partial charge in [-0.2, -0.15) is 0 Å². The van der Waals surface area contributed by atoms with Crippen LogP contribution in [-0.4, -0.2) is 23.1 Å². The average molecular weight is 357 g/mol. The Bertz CT molecular complexity index is 490. The summed E-state index contributed by atoms with van der Waals surface area (Å²) in [6, 6.07) is 6.03. The summed E-state index contributed by atoms with van der Waals surface area (Å²) in [4.78, 5) is 23.1. The Morgan fingerprint density at radius 1 is 1.19 bits per heavy atom. The van der Waals surface area contributed by atoms with Gasteiger partial charge in [-0.05, 0) is 30.5 Å². The largest absolute Gasteiger partial charge is 0.480 e. The number of carboxylic acids is 1. The second-order valence-electron chi connectivity index (χ2n) is 5.09. The van der Waals surface area contributed by atoms with Crippen LogP contribution >= 0.6 is 15.9 Å². The first-order valence-electron chi connectivity index (χ1n) is 6.90. The van der Waals surface area contributed by atoms with E-state index in [-0.39, 0.29) is 12.0 Å². The first-order chi connectivity index (χ1) is 9.85. The standard InChI is InChI=1S/C15H21BrN2O3/c1-4-9(2)13(14(19)20)18-15(21)17-10(3)11-5-7-12(16)8-6-11/h5-10,13H,4H2,1-3H3,(H,19,20)(H2,17,18,21). The molecule has 5 nitrogen and oxygen atoms in total. The molecule has 0 fully saturated rings. The quantitative estimate of drug-likeness (QED) is 0.731. The van der Waals surface area contributed by atoms with Gasteiger partial charge in [0.05, 0.1) is 6.04 Å². The molecular formula is C15H21BrN2O3. The second kappa shape index (κ2) is 8.02. The molecule has 0 saturated carbocycles. The predicted octanol–water partition coefficient (Wildman–Crippen LogP) is 3.31. The lowest BCUT2D eigenvalue weighted by atomic mass is 9.99. The third-order valence-electron chi connectivity index (χ3n) is 3.48. The van der Waals surface area contributed by atoms with Crippen LogP contribution in [0.2, 0.25) is 0 Å². The van der Waals surface area contributed by atoms with E-state index in [1.165, 1.54) is 0 Å². The maximum absolute atomic E-state index is 11.9. The highest BCUT2D eigenvalue weighted by Gasteiger charge is 2.25. The van der Waals surface area contributed by atoms with Crippen molar-refractivity contribution in [1.82, 2.24) is 10.6 Å². The molecule has 0 aliphatic rings. The molecule has 3 unspecified atom stereocenters. The van der Waals surface area contributed by atoms with Gasteiger partial charge >= 0.3 is 12.0 Å². The fraction of sp³-hybridized carbons (Fsp3) is 0.467. The van der Waals surface area contributed by atoms with E-state index in [0.29, 0.717) is 6.42 Å². The van der Waals surface area contributed by atoms with E-state index in [4.69, 9.17) is 5.11 Å². The third kappa shape index (κ3) is 5.38. The van der Waals surface area contributed by atoms with Crippen LogP contribution in [0.15, 0.2) is 28.7 Å². The highest BCUT2D eigenvalue weighted by molar-refractivity contribution is 9.10. The number of rotatable bonds is 6. The molecule has 3 N–H and O–H groups in total. The maximum Gasteiger partial charge on any atom is 0.326 e. The van der Waals surface area contributed by atoms with Gasteiger partial charge in [-0.1, -0.05) is 48.3 Å². The highest BCUT2D eigenvalue weighted by atomic mass is 79.9. The van der Waals surface area contributed by atoms with Gasteiger partial charge in [-0.15, -0.1) is 0 Å². The summed E-state index contributed by atoms with van der Waals surface area (Å²) >= 11 is 3.35. The van der Waals surface area contributed by atoms with E-state index >= 15 is 0 Å². The first-order valence-corrected chi connectivity index (χ1v) is 7.69. The summed E-state index contributed by atoms with van der Waals surface area (Å²) in [5, 5.41) is 14.4. The van der Waals surface area contributed by atoms with E-state index in [1.54, 1.807) is 6.92 Å². The smallest absolute Gasteiger partial charge is 0.326 e. The number of benzene rings is 1. The van der Waals surface area contributed by atoms with Crippen molar-refractivity contribution in [1.29, 1.82) is 0 Å². The molecule has 1 rings (SSSR count). The molecule has 2 amide bonds. The molecule has 3 atom stereocenters. The molecule has 0 saturated heterocycles. The molecule has 0 aliphatic heterocycles. The summed E-state index contributed by atoms with van der Waals surface area (Å²) in [6.45, 7) is 5.55. The number of carboxylic acid groups (broad SMARTS) is 1. The normalized spacial score (nSPS) is 14.9. The molecule has 6 heteroatoms. The topological polar surface area (TPSA) is 78.4 Å². The summed E-state index contributed by atoms with van der Waals surface area (Å²) in [6.07, 6.45) is 0.680. The van der Waals surface area contributed by atoms with Crippen LogP contribution in [0.5, 0.6) is 0 Å². The lowest BCUT2D eigenvalue weighted by molar-refractivity contribution is -0.140. The van der Waals surface area contributed by atoms with Crippen molar-refractivity contribution in [2.75, 3.05) is 0 Å². The van der Waals surface area contributed by atoms with E-state index in [9.17, 15) is 9.59 Å². The van der Waals surface area contributed by atoms with E-state index in [2.05, 4.69) is 26.6 Å². The van der Waals surface area contributed by atoms with Crippen LogP contribution in [0, 0.1) is 5.92 Å². The average Bonchev–Trinajstić information content (AvgIpc) is 2.44. The van der Waals surface area contributed by atoms with Crippen molar-refractivity contribution < 1.29 is 14.7 Å². The molecule has 0 bridgehead atoms. The van der Waals surface area contributed by atoms with Crippen LogP contribution in [0.25, 0.3) is 0 Å². The second-order valence-corrected chi connectivity index (χ2v) is 6.01. The SMILES string of the molecule is CCC(C)C(NC(=O)NC(C)c1ccc(Br)cc1)C(=O)O. The highest BCUT2D eigenvalue weighted by Crippen LogP contribution is 2.16. The Morgan fingerprint density at radius 2 is 1.76 bits per heavy atom. The monoisotopic (exact) mass is 356 g/mol. The van der Waals surface area contributed by atoms with Gasteiger partial charge in [0, 0.05) is 4.47 Å². The molecule has 116 valence electrons. The lowest BCUT2D eigenvalue weighted by Crippen LogP contribution is -2.49. The van der Waals surface area contributed by atoms with Crippen LogP contribution in [0.1, 0.15) is 38.8 Å². The van der Waals surface area contributed by atoms with Crippen molar-refractivity contribution in [2.45, 2.75) is 39.3 Å². The number of urea groups is 1. The summed E-state index contributed by atoms with van der Waals surface area (Å²) in [5.74, 6) is -1.15. The number of aliphatic carboxylic acids is 1. The van der Waals surface area contributed by atoms with Crippen LogP contribution in [0.3, 0.4) is 0 Å². The van der Waals surface area contributed by atoms with Gasteiger partial charge in [0.15, 0.2) is 0 Å². The van der Waals surface area contributed by atoms with Gasteiger partial charge in [-0.25, -0.2) is 9.59 Å². The Labute approximate surface area is 133 Å². The summed E-state index contributed by atoms with van der Waals surface area (Å²) < 4.78 is 0.964. The van der Waals surface area contributed by atoms with Crippen LogP contribution in [0.4, 0.5) is 4.79 Å². The number of carbonyl (C=O) groups is 2. The van der Waals surface area contributed by atoms with Gasteiger partial charge < -0.3 is 15.7 Å². The van der Waals surface area contributed by atoms with Gasteiger partial charge in [-0.3, -0.25) is 0 Å². The zero-order valence-corrected chi connectivity index (χ0v) is 14.0. The Morgan fingerprint density at radius 3 is 2.24 bits per heavy atom. The first kappa shape index (κ1) is 17.5. The molecule has 1 aromatic rings. The Kier molecular flexibility index (Phi) is 6.68. The van der Waals surface area contributed by atoms with Gasteiger partial charge in [0.25, 0.3) is 0 Å². The summed E-state index contributed by atoms with van der Waals surface area (Å²) in [5.41, 5.74) is 0.948. The van der Waals surface area contributed by atoms with Crippen molar-refractivity contribution in [3.05, 3.63) is 34.3 Å². The van der Waals surface area contributed by atoms with E-state index in [0.717, 1.165) is 10.0 Å². The molecular weight excluding hydrogens is 336 g/mol. The zero-order valence-electron chi connectivity index (χ0n) is 12.4. The van der Waals surface area contributed by atoms with Crippen molar-refractivity contribution in [3.8, 4) is 0 Å². The molecule has 21 heavy (non-hydrogen) atoms. The number of carbonyl (C=O) groups excluding carboxylic acids is 1. The fourth-order valence-corrected chi connectivity index (χ4v) is 2.16.